The molecule has 1 atom stereocenters. The van der Waals surface area contributed by atoms with E-state index in [0.29, 0.717) is 12.6 Å². The molecule has 146 valence electrons. The summed E-state index contributed by atoms with van der Waals surface area (Å²) >= 11 is 1.76. The molecule has 0 saturated carbocycles. The highest BCUT2D eigenvalue weighted by atomic mass is 32.2. The summed E-state index contributed by atoms with van der Waals surface area (Å²) in [5.74, 6) is 1.56. The van der Waals surface area contributed by atoms with Crippen LogP contribution < -0.4 is 0 Å². The molecule has 0 aliphatic carbocycles. The van der Waals surface area contributed by atoms with Crippen LogP contribution >= 0.6 is 11.8 Å². The van der Waals surface area contributed by atoms with Gasteiger partial charge in [-0.15, -0.1) is 10.2 Å². The Bertz CT molecular complexity index is 895. The molecular formula is C22H25FN4S. The zero-order valence-corrected chi connectivity index (χ0v) is 16.9. The summed E-state index contributed by atoms with van der Waals surface area (Å²) in [7, 11) is 2.22. The number of hydrogen-bond donors (Lipinski definition) is 0. The van der Waals surface area contributed by atoms with Crippen LogP contribution in [-0.4, -0.2) is 45.1 Å². The largest absolute Gasteiger partial charge is 0.303 e. The number of likely N-dealkylation sites (tertiary alicyclic amines) is 1. The highest BCUT2D eigenvalue weighted by molar-refractivity contribution is 7.99. The molecule has 1 saturated heterocycles. The lowest BCUT2D eigenvalue weighted by molar-refractivity contribution is 0.305. The van der Waals surface area contributed by atoms with Gasteiger partial charge in [-0.3, -0.25) is 4.57 Å². The molecule has 2 aromatic carbocycles. The summed E-state index contributed by atoms with van der Waals surface area (Å²) in [6, 6.07) is 17.5. The van der Waals surface area contributed by atoms with E-state index >= 15 is 0 Å². The van der Waals surface area contributed by atoms with Gasteiger partial charge in [0.15, 0.2) is 11.0 Å². The van der Waals surface area contributed by atoms with Crippen LogP contribution in [0.2, 0.25) is 0 Å². The number of rotatable bonds is 7. The normalized spacial score (nSPS) is 17.3. The van der Waals surface area contributed by atoms with E-state index in [4.69, 9.17) is 0 Å². The minimum Gasteiger partial charge on any atom is -0.303 e. The molecule has 1 fully saturated rings. The van der Waals surface area contributed by atoms with Crippen molar-refractivity contribution in [2.24, 2.45) is 0 Å². The van der Waals surface area contributed by atoms with E-state index in [-0.39, 0.29) is 5.82 Å². The van der Waals surface area contributed by atoms with Crippen molar-refractivity contribution >= 4 is 11.8 Å². The van der Waals surface area contributed by atoms with Crippen molar-refractivity contribution < 1.29 is 4.39 Å². The summed E-state index contributed by atoms with van der Waals surface area (Å²) in [5.41, 5.74) is 2.08. The van der Waals surface area contributed by atoms with Crippen molar-refractivity contribution in [2.45, 2.75) is 37.0 Å². The maximum atomic E-state index is 13.4. The Morgan fingerprint density at radius 1 is 1.07 bits per heavy atom. The molecule has 1 aromatic heterocycles. The topological polar surface area (TPSA) is 34.0 Å². The Hall–Kier alpha value is -2.18. The van der Waals surface area contributed by atoms with Crippen LogP contribution in [0.15, 0.2) is 59.8 Å². The summed E-state index contributed by atoms with van der Waals surface area (Å²) in [4.78, 5) is 2.46. The van der Waals surface area contributed by atoms with Gasteiger partial charge in [0, 0.05) is 17.4 Å². The maximum absolute atomic E-state index is 13.4. The highest BCUT2D eigenvalue weighted by Crippen LogP contribution is 2.27. The first kappa shape index (κ1) is 19.2. The third kappa shape index (κ3) is 4.45. The minimum absolute atomic E-state index is 0.242. The third-order valence-electron chi connectivity index (χ3n) is 5.36. The van der Waals surface area contributed by atoms with Crippen molar-refractivity contribution in [3.05, 3.63) is 66.0 Å². The molecular weight excluding hydrogens is 371 g/mol. The van der Waals surface area contributed by atoms with Crippen LogP contribution in [0, 0.1) is 5.82 Å². The molecule has 0 unspecified atom stereocenters. The molecule has 28 heavy (non-hydrogen) atoms. The lowest BCUT2D eigenvalue weighted by Crippen LogP contribution is -2.25. The number of nitrogens with zero attached hydrogens (tertiary/aromatic N) is 4. The molecule has 0 amide bonds. The zero-order valence-electron chi connectivity index (χ0n) is 16.1. The van der Waals surface area contributed by atoms with Gasteiger partial charge in [-0.2, -0.15) is 0 Å². The SMILES string of the molecule is CN1CCC[C@H]1CCSc1nnc(-c2ccc(F)cc2)n1Cc1ccccc1. The van der Waals surface area contributed by atoms with Gasteiger partial charge < -0.3 is 4.90 Å². The summed E-state index contributed by atoms with van der Waals surface area (Å²) < 4.78 is 15.5. The fraction of sp³-hybridized carbons (Fsp3) is 0.364. The van der Waals surface area contributed by atoms with E-state index in [1.165, 1.54) is 37.1 Å². The van der Waals surface area contributed by atoms with Gasteiger partial charge in [-0.1, -0.05) is 42.1 Å². The van der Waals surface area contributed by atoms with Gasteiger partial charge >= 0.3 is 0 Å². The Labute approximate surface area is 169 Å². The van der Waals surface area contributed by atoms with Crippen molar-refractivity contribution in [1.82, 2.24) is 19.7 Å². The number of hydrogen-bond acceptors (Lipinski definition) is 4. The van der Waals surface area contributed by atoms with Gasteiger partial charge in [0.25, 0.3) is 0 Å². The van der Waals surface area contributed by atoms with Crippen molar-refractivity contribution in [3.63, 3.8) is 0 Å². The first-order valence-electron chi connectivity index (χ1n) is 9.77. The molecule has 4 nitrogen and oxygen atoms in total. The minimum atomic E-state index is -0.242. The van der Waals surface area contributed by atoms with Crippen LogP contribution in [0.1, 0.15) is 24.8 Å². The molecule has 3 aromatic rings. The standard InChI is InChI=1S/C22H25FN4S/c1-26-14-5-8-20(26)13-15-28-22-25-24-21(18-9-11-19(23)12-10-18)27(22)16-17-6-3-2-4-7-17/h2-4,6-7,9-12,20H,5,8,13-16H2,1H3/t20-/m0/s1. The van der Waals surface area contributed by atoms with Gasteiger partial charge in [0.05, 0.1) is 6.54 Å². The lowest BCUT2D eigenvalue weighted by atomic mass is 10.2. The summed E-state index contributed by atoms with van der Waals surface area (Å²) in [6.07, 6.45) is 3.74. The van der Waals surface area contributed by atoms with E-state index in [1.807, 2.05) is 18.2 Å². The molecule has 0 radical (unpaired) electrons. The molecule has 1 aliphatic heterocycles. The van der Waals surface area contributed by atoms with Crippen LogP contribution in [0.25, 0.3) is 11.4 Å². The molecule has 6 heteroatoms. The first-order chi connectivity index (χ1) is 13.7. The average Bonchev–Trinajstić information content (AvgIpc) is 3.30. The van der Waals surface area contributed by atoms with Gasteiger partial charge in [0.1, 0.15) is 5.82 Å². The Balaban J connectivity index is 1.55. The second kappa shape index (κ2) is 8.88. The highest BCUT2D eigenvalue weighted by Gasteiger charge is 2.21. The van der Waals surface area contributed by atoms with E-state index < -0.39 is 0 Å². The Morgan fingerprint density at radius 3 is 2.57 bits per heavy atom. The predicted molar refractivity (Wildman–Crippen MR) is 112 cm³/mol. The monoisotopic (exact) mass is 396 g/mol. The van der Waals surface area contributed by atoms with E-state index in [1.54, 1.807) is 23.9 Å². The van der Waals surface area contributed by atoms with E-state index in [0.717, 1.165) is 28.7 Å². The van der Waals surface area contributed by atoms with E-state index in [2.05, 4.69) is 38.8 Å². The first-order valence-corrected chi connectivity index (χ1v) is 10.8. The fourth-order valence-electron chi connectivity index (χ4n) is 3.75. The van der Waals surface area contributed by atoms with Crippen molar-refractivity contribution in [1.29, 1.82) is 0 Å². The van der Waals surface area contributed by atoms with Gasteiger partial charge in [-0.25, -0.2) is 4.39 Å². The van der Waals surface area contributed by atoms with Crippen LogP contribution in [0.4, 0.5) is 4.39 Å². The Morgan fingerprint density at radius 2 is 1.86 bits per heavy atom. The molecule has 2 heterocycles. The van der Waals surface area contributed by atoms with Crippen molar-refractivity contribution in [3.8, 4) is 11.4 Å². The fourth-order valence-corrected chi connectivity index (χ4v) is 4.72. The van der Waals surface area contributed by atoms with Crippen LogP contribution in [0.5, 0.6) is 0 Å². The second-order valence-electron chi connectivity index (χ2n) is 7.30. The van der Waals surface area contributed by atoms with Gasteiger partial charge in [-0.05, 0) is 62.7 Å². The van der Waals surface area contributed by atoms with Gasteiger partial charge in [0.2, 0.25) is 0 Å². The smallest absolute Gasteiger partial charge is 0.191 e. The number of thioether (sulfide) groups is 1. The molecule has 0 N–H and O–H groups in total. The summed E-state index contributed by atoms with van der Waals surface area (Å²) in [5, 5.41) is 9.82. The predicted octanol–water partition coefficient (Wildman–Crippen LogP) is 4.71. The quantitative estimate of drug-likeness (QED) is 0.542. The maximum Gasteiger partial charge on any atom is 0.191 e. The number of benzene rings is 2. The van der Waals surface area contributed by atoms with Crippen LogP contribution in [0.3, 0.4) is 0 Å². The number of aromatic nitrogens is 3. The Kier molecular flexibility index (Phi) is 6.07. The van der Waals surface area contributed by atoms with E-state index in [9.17, 15) is 4.39 Å². The zero-order chi connectivity index (χ0) is 19.3. The second-order valence-corrected chi connectivity index (χ2v) is 8.36. The molecule has 1 aliphatic rings. The third-order valence-corrected chi connectivity index (χ3v) is 6.36. The lowest BCUT2D eigenvalue weighted by Gasteiger charge is -2.18. The molecule has 0 bridgehead atoms. The molecule has 0 spiro atoms. The van der Waals surface area contributed by atoms with Crippen LogP contribution in [-0.2, 0) is 6.54 Å². The molecule has 4 rings (SSSR count). The van der Waals surface area contributed by atoms with Crippen molar-refractivity contribution in [2.75, 3.05) is 19.3 Å². The average molecular weight is 397 g/mol. The number of halogens is 1. The summed E-state index contributed by atoms with van der Waals surface area (Å²) in [6.45, 7) is 1.90.